The first kappa shape index (κ1) is 21.2. The van der Waals surface area contributed by atoms with Gasteiger partial charge in [0.25, 0.3) is 0 Å². The number of halogens is 1. The standard InChI is InChI=1S/C25H24ClNO4/c1-15-22(25(29)31-14-16-9-11-19(30-2)12-10-16)23(17-5-3-6-18(26)13-17)24-20(27-15)7-4-8-21(24)28/h3,5-6,9-13,23,27H,4,7-8,14H2,1-2H3. The summed E-state index contributed by atoms with van der Waals surface area (Å²) in [6.45, 7) is 1.98. The highest BCUT2D eigenvalue weighted by molar-refractivity contribution is 6.30. The summed E-state index contributed by atoms with van der Waals surface area (Å²) in [5.41, 5.74) is 4.36. The van der Waals surface area contributed by atoms with Gasteiger partial charge in [-0.1, -0.05) is 35.9 Å². The number of rotatable bonds is 5. The first-order valence-electron chi connectivity index (χ1n) is 10.3. The van der Waals surface area contributed by atoms with Gasteiger partial charge in [0.2, 0.25) is 0 Å². The minimum Gasteiger partial charge on any atom is -0.497 e. The lowest BCUT2D eigenvalue weighted by atomic mass is 9.75. The Labute approximate surface area is 186 Å². The minimum atomic E-state index is -0.494. The largest absolute Gasteiger partial charge is 0.497 e. The number of hydrogen-bond acceptors (Lipinski definition) is 5. The zero-order valence-electron chi connectivity index (χ0n) is 17.5. The van der Waals surface area contributed by atoms with Gasteiger partial charge in [0.05, 0.1) is 12.7 Å². The number of hydrogen-bond donors (Lipinski definition) is 1. The number of ketones is 1. The Morgan fingerprint density at radius 1 is 1.16 bits per heavy atom. The van der Waals surface area contributed by atoms with Crippen LogP contribution >= 0.6 is 11.6 Å². The summed E-state index contributed by atoms with van der Waals surface area (Å²) in [4.78, 5) is 26.1. The van der Waals surface area contributed by atoms with Crippen LogP contribution in [-0.4, -0.2) is 18.9 Å². The highest BCUT2D eigenvalue weighted by Crippen LogP contribution is 2.43. The van der Waals surface area contributed by atoms with E-state index in [9.17, 15) is 9.59 Å². The van der Waals surface area contributed by atoms with E-state index in [1.165, 1.54) is 0 Å². The number of carbonyl (C=O) groups is 2. The van der Waals surface area contributed by atoms with Gasteiger partial charge in [0.15, 0.2) is 5.78 Å². The molecule has 1 aliphatic carbocycles. The summed E-state index contributed by atoms with van der Waals surface area (Å²) in [5, 5.41) is 3.86. The Hall–Kier alpha value is -3.05. The van der Waals surface area contributed by atoms with Crippen molar-refractivity contribution in [3.05, 3.63) is 87.2 Å². The molecule has 1 heterocycles. The van der Waals surface area contributed by atoms with E-state index >= 15 is 0 Å². The lowest BCUT2D eigenvalue weighted by Gasteiger charge is -2.34. The van der Waals surface area contributed by atoms with Gasteiger partial charge in [-0.05, 0) is 55.2 Å². The summed E-state index contributed by atoms with van der Waals surface area (Å²) in [5.74, 6) is -0.144. The van der Waals surface area contributed by atoms with Crippen molar-refractivity contribution in [2.75, 3.05) is 7.11 Å². The van der Waals surface area contributed by atoms with Gasteiger partial charge in [-0.2, -0.15) is 0 Å². The van der Waals surface area contributed by atoms with Crippen LogP contribution in [0.4, 0.5) is 0 Å². The van der Waals surface area contributed by atoms with Gasteiger partial charge < -0.3 is 14.8 Å². The Morgan fingerprint density at radius 2 is 1.94 bits per heavy atom. The molecular formula is C25H24ClNO4. The number of ether oxygens (including phenoxy) is 2. The van der Waals surface area contributed by atoms with Crippen LogP contribution in [0.15, 0.2) is 71.1 Å². The number of carbonyl (C=O) groups excluding carboxylic acids is 2. The molecule has 0 saturated carbocycles. The second kappa shape index (κ2) is 8.98. The molecular weight excluding hydrogens is 414 g/mol. The maximum absolute atomic E-state index is 13.2. The molecule has 0 fully saturated rings. The van der Waals surface area contributed by atoms with Crippen molar-refractivity contribution in [2.45, 2.75) is 38.7 Å². The number of allylic oxidation sites excluding steroid dienone is 3. The van der Waals surface area contributed by atoms with Gasteiger partial charge in [-0.15, -0.1) is 0 Å². The van der Waals surface area contributed by atoms with E-state index in [0.29, 0.717) is 28.3 Å². The quantitative estimate of drug-likeness (QED) is 0.662. The molecule has 2 aromatic carbocycles. The maximum Gasteiger partial charge on any atom is 0.337 e. The minimum absolute atomic E-state index is 0.0617. The first-order chi connectivity index (χ1) is 15.0. The normalized spacial score (nSPS) is 18.4. The molecule has 2 aromatic rings. The fourth-order valence-electron chi connectivity index (χ4n) is 4.22. The van der Waals surface area contributed by atoms with Crippen molar-refractivity contribution in [1.29, 1.82) is 0 Å². The molecule has 0 amide bonds. The highest BCUT2D eigenvalue weighted by atomic mass is 35.5. The predicted molar refractivity (Wildman–Crippen MR) is 119 cm³/mol. The van der Waals surface area contributed by atoms with Crippen LogP contribution in [0.5, 0.6) is 5.75 Å². The van der Waals surface area contributed by atoms with E-state index in [-0.39, 0.29) is 12.4 Å². The molecule has 31 heavy (non-hydrogen) atoms. The first-order valence-corrected chi connectivity index (χ1v) is 10.6. The lowest BCUT2D eigenvalue weighted by Crippen LogP contribution is -2.34. The maximum atomic E-state index is 13.2. The second-order valence-corrected chi connectivity index (χ2v) is 8.18. The number of nitrogens with one attached hydrogen (secondary N) is 1. The second-order valence-electron chi connectivity index (χ2n) is 7.74. The summed E-state index contributed by atoms with van der Waals surface area (Å²) in [6.07, 6.45) is 2.06. The average Bonchev–Trinajstić information content (AvgIpc) is 2.77. The smallest absolute Gasteiger partial charge is 0.337 e. The number of Topliss-reactive ketones (excluding diaryl/α,β-unsaturated/α-hetero) is 1. The summed E-state index contributed by atoms with van der Waals surface area (Å²) < 4.78 is 10.8. The monoisotopic (exact) mass is 437 g/mol. The van der Waals surface area contributed by atoms with E-state index in [0.717, 1.165) is 35.4 Å². The molecule has 2 aliphatic rings. The van der Waals surface area contributed by atoms with Crippen molar-refractivity contribution in [3.63, 3.8) is 0 Å². The summed E-state index contributed by atoms with van der Waals surface area (Å²) in [6, 6.07) is 14.7. The third-order valence-electron chi connectivity index (χ3n) is 5.71. The number of benzene rings is 2. The molecule has 1 aliphatic heterocycles. The number of esters is 1. The lowest BCUT2D eigenvalue weighted by molar-refractivity contribution is -0.140. The van der Waals surface area contributed by atoms with Gasteiger partial charge in [0.1, 0.15) is 12.4 Å². The predicted octanol–water partition coefficient (Wildman–Crippen LogP) is 5.06. The molecule has 0 aromatic heterocycles. The summed E-state index contributed by atoms with van der Waals surface area (Å²) >= 11 is 6.25. The topological polar surface area (TPSA) is 64.6 Å². The van der Waals surface area contributed by atoms with Crippen molar-refractivity contribution < 1.29 is 19.1 Å². The van der Waals surface area contributed by atoms with Crippen molar-refractivity contribution in [2.24, 2.45) is 0 Å². The molecule has 0 bridgehead atoms. The molecule has 0 spiro atoms. The Morgan fingerprint density at radius 3 is 2.65 bits per heavy atom. The molecule has 0 saturated heterocycles. The van der Waals surface area contributed by atoms with Crippen molar-refractivity contribution in [3.8, 4) is 5.75 Å². The van der Waals surface area contributed by atoms with Crippen LogP contribution in [0.2, 0.25) is 5.02 Å². The van der Waals surface area contributed by atoms with E-state index in [4.69, 9.17) is 21.1 Å². The third kappa shape index (κ3) is 4.37. The zero-order chi connectivity index (χ0) is 22.0. The summed E-state index contributed by atoms with van der Waals surface area (Å²) in [7, 11) is 1.60. The average molecular weight is 438 g/mol. The van der Waals surface area contributed by atoms with Gasteiger partial charge in [-0.25, -0.2) is 4.79 Å². The molecule has 1 atom stereocenters. The van der Waals surface area contributed by atoms with Crippen LogP contribution in [0.25, 0.3) is 0 Å². The Bertz CT molecular complexity index is 1080. The molecule has 1 N–H and O–H groups in total. The van der Waals surface area contributed by atoms with Crippen molar-refractivity contribution >= 4 is 23.4 Å². The van der Waals surface area contributed by atoms with Crippen molar-refractivity contribution in [1.82, 2.24) is 5.32 Å². The molecule has 1 unspecified atom stereocenters. The van der Waals surface area contributed by atoms with Gasteiger partial charge in [0, 0.05) is 34.3 Å². The molecule has 4 rings (SSSR count). The van der Waals surface area contributed by atoms with Gasteiger partial charge in [-0.3, -0.25) is 4.79 Å². The van der Waals surface area contributed by atoms with Crippen LogP contribution in [0.1, 0.15) is 43.2 Å². The van der Waals surface area contributed by atoms with E-state index in [2.05, 4.69) is 5.32 Å². The number of dihydropyridines is 1. The molecule has 6 heteroatoms. The fraction of sp³-hybridized carbons (Fsp3) is 0.280. The van der Waals surface area contributed by atoms with Crippen LogP contribution in [0.3, 0.4) is 0 Å². The molecule has 5 nitrogen and oxygen atoms in total. The van der Waals surface area contributed by atoms with Crippen LogP contribution in [-0.2, 0) is 20.9 Å². The SMILES string of the molecule is COc1ccc(COC(=O)C2=C(C)NC3=C(C(=O)CCC3)C2c2cccc(Cl)c2)cc1. The van der Waals surface area contributed by atoms with E-state index in [1.54, 1.807) is 13.2 Å². The molecule has 160 valence electrons. The third-order valence-corrected chi connectivity index (χ3v) is 5.94. The zero-order valence-corrected chi connectivity index (χ0v) is 18.3. The van der Waals surface area contributed by atoms with Crippen LogP contribution in [0, 0.1) is 0 Å². The fourth-order valence-corrected chi connectivity index (χ4v) is 4.42. The number of methoxy groups -OCH3 is 1. The van der Waals surface area contributed by atoms with E-state index in [1.807, 2.05) is 49.4 Å². The van der Waals surface area contributed by atoms with E-state index < -0.39 is 11.9 Å². The Balaban J connectivity index is 1.66. The molecule has 0 radical (unpaired) electrons. The van der Waals surface area contributed by atoms with Crippen LogP contribution < -0.4 is 10.1 Å². The Kier molecular flexibility index (Phi) is 6.14. The van der Waals surface area contributed by atoms with Gasteiger partial charge >= 0.3 is 5.97 Å². The highest BCUT2D eigenvalue weighted by Gasteiger charge is 2.39.